The molecule has 1 aliphatic heterocycles. The summed E-state index contributed by atoms with van der Waals surface area (Å²) in [4.78, 5) is 11.5. The van der Waals surface area contributed by atoms with E-state index in [0.717, 1.165) is 12.8 Å². The zero-order valence-electron chi connectivity index (χ0n) is 10.1. The predicted molar refractivity (Wildman–Crippen MR) is 57.8 cm³/mol. The molecule has 2 atom stereocenters. The van der Waals surface area contributed by atoms with Gasteiger partial charge in [-0.2, -0.15) is 4.79 Å². The Balaban J connectivity index is 2.96. The van der Waals surface area contributed by atoms with Gasteiger partial charge in [-0.15, -0.1) is 0 Å². The molecule has 4 nitrogen and oxygen atoms in total. The second-order valence-corrected chi connectivity index (χ2v) is 5.33. The van der Waals surface area contributed by atoms with Crippen molar-refractivity contribution in [2.24, 2.45) is 0 Å². The van der Waals surface area contributed by atoms with Gasteiger partial charge in [0.2, 0.25) is 0 Å². The summed E-state index contributed by atoms with van der Waals surface area (Å²) in [5.41, 5.74) is -0.275. The maximum absolute atomic E-state index is 11.5. The molecule has 1 amide bonds. The number of methoxy groups -OCH3 is 1. The summed E-state index contributed by atoms with van der Waals surface area (Å²) in [6.07, 6.45) is 1.24. The van der Waals surface area contributed by atoms with Crippen LogP contribution in [0.2, 0.25) is 0 Å². The van der Waals surface area contributed by atoms with Crippen molar-refractivity contribution in [1.29, 1.82) is 0 Å². The number of hydrogen-bond donors (Lipinski definition) is 1. The monoisotopic (exact) mass is 216 g/mol. The van der Waals surface area contributed by atoms with Crippen molar-refractivity contribution in [3.8, 4) is 0 Å². The van der Waals surface area contributed by atoms with Crippen LogP contribution in [-0.2, 0) is 4.74 Å². The summed E-state index contributed by atoms with van der Waals surface area (Å²) in [5, 5.41) is 9.45. The number of carboxylic acid groups (broad SMARTS) is 1. The highest BCUT2D eigenvalue weighted by atomic mass is 16.5. The topological polar surface area (TPSA) is 46.5 Å². The number of amides is 1. The fourth-order valence-corrected chi connectivity index (χ4v) is 2.38. The van der Waals surface area contributed by atoms with E-state index in [1.807, 2.05) is 20.8 Å². The van der Waals surface area contributed by atoms with Crippen LogP contribution in [0.4, 0.5) is 4.79 Å². The molecule has 1 fully saturated rings. The van der Waals surface area contributed by atoms with Gasteiger partial charge in [0, 0.05) is 7.11 Å². The molecule has 88 valence electrons. The lowest BCUT2D eigenvalue weighted by Crippen LogP contribution is -2.67. The molecule has 1 rings (SSSR count). The standard InChI is InChI=1S/C11H21NO3/c1-11(2,3)12(10(13)14)7-5-6-9(8-12)15-4/h9H,5-8H2,1-4H3/p+1/t9-,12?/m1/s1. The molecular weight excluding hydrogens is 194 g/mol. The van der Waals surface area contributed by atoms with Crippen molar-refractivity contribution >= 4 is 6.09 Å². The van der Waals surface area contributed by atoms with Gasteiger partial charge in [0.1, 0.15) is 18.2 Å². The van der Waals surface area contributed by atoms with Gasteiger partial charge in [0.05, 0.1) is 6.54 Å². The van der Waals surface area contributed by atoms with Crippen LogP contribution in [0.1, 0.15) is 33.6 Å². The third-order valence-corrected chi connectivity index (χ3v) is 3.56. The van der Waals surface area contributed by atoms with E-state index in [4.69, 9.17) is 4.74 Å². The molecule has 15 heavy (non-hydrogen) atoms. The van der Waals surface area contributed by atoms with Crippen LogP contribution >= 0.6 is 0 Å². The zero-order valence-corrected chi connectivity index (χ0v) is 10.1. The Kier molecular flexibility index (Phi) is 3.41. The van der Waals surface area contributed by atoms with Crippen LogP contribution in [0.25, 0.3) is 0 Å². The van der Waals surface area contributed by atoms with E-state index >= 15 is 0 Å². The maximum Gasteiger partial charge on any atom is 0.514 e. The van der Waals surface area contributed by atoms with Gasteiger partial charge in [0.15, 0.2) is 0 Å². The van der Waals surface area contributed by atoms with Gasteiger partial charge < -0.3 is 9.84 Å². The first-order valence-corrected chi connectivity index (χ1v) is 5.47. The highest BCUT2D eigenvalue weighted by Gasteiger charge is 2.50. The Morgan fingerprint density at radius 3 is 2.47 bits per heavy atom. The maximum atomic E-state index is 11.5. The van der Waals surface area contributed by atoms with Gasteiger partial charge >= 0.3 is 6.09 Å². The molecule has 0 saturated carbocycles. The van der Waals surface area contributed by atoms with Gasteiger partial charge in [-0.25, -0.2) is 4.48 Å². The molecule has 1 saturated heterocycles. The van der Waals surface area contributed by atoms with Crippen LogP contribution in [0.3, 0.4) is 0 Å². The van der Waals surface area contributed by atoms with Crippen LogP contribution < -0.4 is 0 Å². The fraction of sp³-hybridized carbons (Fsp3) is 0.909. The van der Waals surface area contributed by atoms with Gasteiger partial charge in [-0.1, -0.05) is 0 Å². The second-order valence-electron chi connectivity index (χ2n) is 5.33. The predicted octanol–water partition coefficient (Wildman–Crippen LogP) is 2.09. The number of nitrogens with zero attached hydrogens (tertiary/aromatic N) is 1. The lowest BCUT2D eigenvalue weighted by molar-refractivity contribution is -0.911. The molecule has 1 unspecified atom stereocenters. The lowest BCUT2D eigenvalue weighted by Gasteiger charge is -2.47. The van der Waals surface area contributed by atoms with Gasteiger partial charge in [-0.05, 0) is 33.6 Å². The summed E-state index contributed by atoms with van der Waals surface area (Å²) in [7, 11) is 1.66. The average Bonchev–Trinajstić information content (AvgIpc) is 2.16. The number of rotatable bonds is 1. The summed E-state index contributed by atoms with van der Waals surface area (Å²) < 4.78 is 5.43. The molecule has 0 aliphatic carbocycles. The first-order valence-electron chi connectivity index (χ1n) is 5.47. The van der Waals surface area contributed by atoms with Crippen molar-refractivity contribution < 1.29 is 19.1 Å². The summed E-state index contributed by atoms with van der Waals surface area (Å²) in [5.74, 6) is 0. The number of ether oxygens (including phenoxy) is 1. The molecule has 1 N–H and O–H groups in total. The number of carbonyl (C=O) groups is 1. The molecule has 0 aromatic heterocycles. The smallest absolute Gasteiger partial charge is 0.435 e. The van der Waals surface area contributed by atoms with Crippen molar-refractivity contribution in [1.82, 2.24) is 0 Å². The van der Waals surface area contributed by atoms with Crippen LogP contribution in [0.15, 0.2) is 0 Å². The molecule has 0 aromatic carbocycles. The minimum absolute atomic E-state index is 0.0778. The third-order valence-electron chi connectivity index (χ3n) is 3.56. The highest BCUT2D eigenvalue weighted by molar-refractivity contribution is 5.57. The van der Waals surface area contributed by atoms with Gasteiger partial charge in [-0.3, -0.25) is 0 Å². The molecule has 1 aliphatic rings. The molecule has 0 aromatic rings. The largest absolute Gasteiger partial charge is 0.514 e. The number of quaternary nitrogens is 1. The van der Waals surface area contributed by atoms with Crippen molar-refractivity contribution in [2.45, 2.75) is 45.3 Å². The van der Waals surface area contributed by atoms with Crippen LogP contribution in [0.5, 0.6) is 0 Å². The highest BCUT2D eigenvalue weighted by Crippen LogP contribution is 2.31. The Morgan fingerprint density at radius 1 is 1.47 bits per heavy atom. The lowest BCUT2D eigenvalue weighted by atomic mass is 9.95. The van der Waals surface area contributed by atoms with E-state index in [-0.39, 0.29) is 16.1 Å². The molecule has 0 bridgehead atoms. The zero-order chi connectivity index (χ0) is 11.7. The fourth-order valence-electron chi connectivity index (χ4n) is 2.38. The minimum Gasteiger partial charge on any atom is -0.435 e. The Morgan fingerprint density at radius 2 is 2.07 bits per heavy atom. The van der Waals surface area contributed by atoms with E-state index in [2.05, 4.69) is 0 Å². The Hall–Kier alpha value is -0.610. The first-order chi connectivity index (χ1) is 6.83. The number of likely N-dealkylation sites (tertiary alicyclic amines) is 1. The van der Waals surface area contributed by atoms with E-state index < -0.39 is 6.09 Å². The minimum atomic E-state index is -0.732. The summed E-state index contributed by atoms with van der Waals surface area (Å²) in [6, 6.07) is 0. The van der Waals surface area contributed by atoms with E-state index in [0.29, 0.717) is 13.1 Å². The third kappa shape index (κ3) is 2.16. The van der Waals surface area contributed by atoms with Crippen molar-refractivity contribution in [3.63, 3.8) is 0 Å². The Labute approximate surface area is 91.4 Å². The SMILES string of the molecule is CO[C@@H]1CCC[N+](C(=O)O)(C(C)(C)C)C1. The first kappa shape index (κ1) is 12.5. The quantitative estimate of drug-likeness (QED) is 0.683. The molecular formula is C11H22NO3+. The molecule has 0 radical (unpaired) electrons. The van der Waals surface area contributed by atoms with Crippen molar-refractivity contribution in [3.05, 3.63) is 0 Å². The van der Waals surface area contributed by atoms with Crippen LogP contribution in [0, 0.1) is 0 Å². The molecule has 4 heteroatoms. The normalized spacial score (nSPS) is 32.7. The Bertz CT molecular complexity index is 247. The van der Waals surface area contributed by atoms with E-state index in [9.17, 15) is 9.90 Å². The van der Waals surface area contributed by atoms with Crippen molar-refractivity contribution in [2.75, 3.05) is 20.2 Å². The van der Waals surface area contributed by atoms with E-state index in [1.54, 1.807) is 7.11 Å². The van der Waals surface area contributed by atoms with E-state index in [1.165, 1.54) is 0 Å². The summed E-state index contributed by atoms with van der Waals surface area (Å²) in [6.45, 7) is 7.24. The molecule has 0 spiro atoms. The number of hydrogen-bond acceptors (Lipinski definition) is 2. The number of piperidine rings is 1. The molecule has 1 heterocycles. The van der Waals surface area contributed by atoms with Crippen LogP contribution in [-0.4, -0.2) is 47.5 Å². The van der Waals surface area contributed by atoms with Gasteiger partial charge in [0.25, 0.3) is 0 Å². The summed E-state index contributed by atoms with van der Waals surface area (Å²) >= 11 is 0. The average molecular weight is 216 g/mol. The second kappa shape index (κ2) is 4.10.